The Kier molecular flexibility index (Phi) is 3.42. The Morgan fingerprint density at radius 3 is 2.32 bits per heavy atom. The summed E-state index contributed by atoms with van der Waals surface area (Å²) in [5.74, 6) is 2.92. The van der Waals surface area contributed by atoms with Gasteiger partial charge in [0.05, 0.1) is 0 Å². The van der Waals surface area contributed by atoms with Crippen molar-refractivity contribution < 1.29 is 0 Å². The molecular weight excluding hydrogens is 230 g/mol. The van der Waals surface area contributed by atoms with E-state index in [0.717, 1.165) is 17.8 Å². The molecule has 4 atom stereocenters. The van der Waals surface area contributed by atoms with Gasteiger partial charge in [0.25, 0.3) is 0 Å². The normalized spacial score (nSPS) is 30.8. The molecule has 1 aromatic carbocycles. The van der Waals surface area contributed by atoms with Crippen LogP contribution in [0.2, 0.25) is 0 Å². The lowest BCUT2D eigenvalue weighted by Crippen LogP contribution is -2.21. The van der Waals surface area contributed by atoms with Crippen molar-refractivity contribution in [1.82, 2.24) is 0 Å². The van der Waals surface area contributed by atoms with Crippen molar-refractivity contribution in [2.75, 3.05) is 0 Å². The van der Waals surface area contributed by atoms with E-state index in [1.165, 1.54) is 54.4 Å². The molecule has 3 rings (SSSR count). The molecule has 1 aromatic rings. The largest absolute Gasteiger partial charge is 0.324 e. The first kappa shape index (κ1) is 13.2. The van der Waals surface area contributed by atoms with Crippen LogP contribution in [0.5, 0.6) is 0 Å². The van der Waals surface area contributed by atoms with Gasteiger partial charge in [-0.05, 0) is 80.9 Å². The molecule has 0 aromatic heterocycles. The average molecular weight is 257 g/mol. The molecule has 104 valence electrons. The fraction of sp³-hybridized carbons (Fsp3) is 0.667. The van der Waals surface area contributed by atoms with Gasteiger partial charge in [0.1, 0.15) is 0 Å². The second-order valence-corrected chi connectivity index (χ2v) is 7.09. The van der Waals surface area contributed by atoms with Gasteiger partial charge < -0.3 is 5.73 Å². The number of hydrogen-bond donors (Lipinski definition) is 1. The lowest BCUT2D eigenvalue weighted by molar-refractivity contribution is 0.295. The molecule has 0 spiro atoms. The maximum atomic E-state index is 6.56. The van der Waals surface area contributed by atoms with Crippen LogP contribution in [0.1, 0.15) is 60.4 Å². The standard InChI is InChI=1S/C18H27N/c1-11-6-12(2)18(13(3)7-11)17(19)10-16-9-14-4-5-15(16)8-14/h6-7,14-17H,4-5,8-10,19H2,1-3H3. The zero-order valence-electron chi connectivity index (χ0n) is 12.6. The Labute approximate surface area is 117 Å². The van der Waals surface area contributed by atoms with Crippen LogP contribution in [0.3, 0.4) is 0 Å². The van der Waals surface area contributed by atoms with Crippen molar-refractivity contribution >= 4 is 0 Å². The molecule has 2 N–H and O–H groups in total. The van der Waals surface area contributed by atoms with E-state index in [1.54, 1.807) is 0 Å². The topological polar surface area (TPSA) is 26.0 Å². The van der Waals surface area contributed by atoms with Crippen LogP contribution < -0.4 is 5.73 Å². The predicted octanol–water partition coefficient (Wildman–Crippen LogP) is 4.44. The quantitative estimate of drug-likeness (QED) is 0.851. The van der Waals surface area contributed by atoms with Crippen LogP contribution in [0.25, 0.3) is 0 Å². The molecule has 1 heteroatoms. The third-order valence-corrected chi connectivity index (χ3v) is 5.55. The van der Waals surface area contributed by atoms with Crippen LogP contribution in [-0.4, -0.2) is 0 Å². The molecule has 0 radical (unpaired) electrons. The first-order valence-electron chi connectivity index (χ1n) is 7.88. The SMILES string of the molecule is Cc1cc(C)c(C(N)CC2CC3CCC2C3)c(C)c1. The second-order valence-electron chi connectivity index (χ2n) is 7.09. The van der Waals surface area contributed by atoms with Crippen LogP contribution in [0.4, 0.5) is 0 Å². The van der Waals surface area contributed by atoms with E-state index < -0.39 is 0 Å². The number of nitrogens with two attached hydrogens (primary N) is 1. The number of fused-ring (bicyclic) bond motifs is 2. The van der Waals surface area contributed by atoms with Crippen LogP contribution >= 0.6 is 0 Å². The molecule has 2 aliphatic carbocycles. The lowest BCUT2D eigenvalue weighted by Gasteiger charge is -2.26. The minimum Gasteiger partial charge on any atom is -0.324 e. The van der Waals surface area contributed by atoms with Gasteiger partial charge in [-0.2, -0.15) is 0 Å². The fourth-order valence-electron chi connectivity index (χ4n) is 4.89. The molecule has 2 bridgehead atoms. The molecule has 19 heavy (non-hydrogen) atoms. The van der Waals surface area contributed by atoms with E-state index in [2.05, 4.69) is 32.9 Å². The van der Waals surface area contributed by atoms with Gasteiger partial charge in [-0.15, -0.1) is 0 Å². The van der Waals surface area contributed by atoms with E-state index in [1.807, 2.05) is 0 Å². The highest BCUT2D eigenvalue weighted by molar-refractivity contribution is 5.39. The van der Waals surface area contributed by atoms with Crippen LogP contribution in [-0.2, 0) is 0 Å². The molecule has 2 fully saturated rings. The number of aryl methyl sites for hydroxylation is 3. The summed E-state index contributed by atoms with van der Waals surface area (Å²) in [6.45, 7) is 6.61. The minimum atomic E-state index is 0.241. The molecule has 0 aliphatic heterocycles. The van der Waals surface area contributed by atoms with Gasteiger partial charge in [0.15, 0.2) is 0 Å². The predicted molar refractivity (Wildman–Crippen MR) is 81.1 cm³/mol. The van der Waals surface area contributed by atoms with Gasteiger partial charge >= 0.3 is 0 Å². The molecule has 0 amide bonds. The highest BCUT2D eigenvalue weighted by Gasteiger charge is 2.40. The Balaban J connectivity index is 1.75. The van der Waals surface area contributed by atoms with Crippen molar-refractivity contribution in [3.63, 3.8) is 0 Å². The molecule has 1 nitrogen and oxygen atoms in total. The summed E-state index contributed by atoms with van der Waals surface area (Å²) < 4.78 is 0. The summed E-state index contributed by atoms with van der Waals surface area (Å²) in [4.78, 5) is 0. The molecule has 0 saturated heterocycles. The highest BCUT2D eigenvalue weighted by Crippen LogP contribution is 2.50. The van der Waals surface area contributed by atoms with Crippen molar-refractivity contribution in [1.29, 1.82) is 0 Å². The Bertz CT molecular complexity index is 454. The Morgan fingerprint density at radius 2 is 1.79 bits per heavy atom. The summed E-state index contributed by atoms with van der Waals surface area (Å²) in [5.41, 5.74) is 12.1. The number of hydrogen-bond acceptors (Lipinski definition) is 1. The maximum absolute atomic E-state index is 6.56. The maximum Gasteiger partial charge on any atom is 0.0302 e. The Morgan fingerprint density at radius 1 is 1.11 bits per heavy atom. The summed E-state index contributed by atoms with van der Waals surface area (Å²) in [7, 11) is 0. The first-order valence-corrected chi connectivity index (χ1v) is 7.88. The van der Waals surface area contributed by atoms with Crippen molar-refractivity contribution in [2.45, 2.75) is 58.9 Å². The monoisotopic (exact) mass is 257 g/mol. The van der Waals surface area contributed by atoms with Crippen LogP contribution in [0, 0.1) is 38.5 Å². The van der Waals surface area contributed by atoms with E-state index in [9.17, 15) is 0 Å². The molecule has 4 unspecified atom stereocenters. The fourth-order valence-corrected chi connectivity index (χ4v) is 4.89. The Hall–Kier alpha value is -0.820. The van der Waals surface area contributed by atoms with Gasteiger partial charge in [-0.3, -0.25) is 0 Å². The van der Waals surface area contributed by atoms with Gasteiger partial charge in [-0.25, -0.2) is 0 Å². The van der Waals surface area contributed by atoms with Crippen LogP contribution in [0.15, 0.2) is 12.1 Å². The van der Waals surface area contributed by atoms with Gasteiger partial charge in [0, 0.05) is 6.04 Å². The van der Waals surface area contributed by atoms with Crippen molar-refractivity contribution in [3.05, 3.63) is 34.4 Å². The lowest BCUT2D eigenvalue weighted by atomic mass is 9.81. The number of benzene rings is 1. The third-order valence-electron chi connectivity index (χ3n) is 5.55. The molecule has 2 saturated carbocycles. The summed E-state index contributed by atoms with van der Waals surface area (Å²) in [6.07, 6.45) is 7.09. The van der Waals surface area contributed by atoms with Crippen molar-refractivity contribution in [3.8, 4) is 0 Å². The minimum absolute atomic E-state index is 0.241. The first-order chi connectivity index (χ1) is 9.04. The molecular formula is C18H27N. The zero-order chi connectivity index (χ0) is 13.6. The molecule has 2 aliphatic rings. The average Bonchev–Trinajstić information content (AvgIpc) is 2.89. The van der Waals surface area contributed by atoms with E-state index in [-0.39, 0.29) is 6.04 Å². The number of rotatable bonds is 3. The van der Waals surface area contributed by atoms with Gasteiger partial charge in [-0.1, -0.05) is 24.1 Å². The summed E-state index contributed by atoms with van der Waals surface area (Å²) in [6, 6.07) is 4.80. The van der Waals surface area contributed by atoms with E-state index in [4.69, 9.17) is 5.73 Å². The third kappa shape index (κ3) is 2.45. The summed E-state index contributed by atoms with van der Waals surface area (Å²) >= 11 is 0. The van der Waals surface area contributed by atoms with Gasteiger partial charge in [0.2, 0.25) is 0 Å². The zero-order valence-corrected chi connectivity index (χ0v) is 12.6. The summed E-state index contributed by atoms with van der Waals surface area (Å²) in [5, 5.41) is 0. The van der Waals surface area contributed by atoms with E-state index in [0.29, 0.717) is 0 Å². The highest BCUT2D eigenvalue weighted by atomic mass is 14.6. The molecule has 0 heterocycles. The van der Waals surface area contributed by atoms with Crippen molar-refractivity contribution in [2.24, 2.45) is 23.5 Å². The van der Waals surface area contributed by atoms with E-state index >= 15 is 0 Å². The smallest absolute Gasteiger partial charge is 0.0302 e. The second kappa shape index (κ2) is 4.94.